The fourth-order valence-corrected chi connectivity index (χ4v) is 9.01. The normalized spacial score (nSPS) is 15.4. The molecule has 344 valence electrons. The first-order valence-electron chi connectivity index (χ1n) is 21.0. The van der Waals surface area contributed by atoms with Crippen molar-refractivity contribution in [2.75, 3.05) is 62.3 Å². The molecule has 0 saturated carbocycles. The van der Waals surface area contributed by atoms with Gasteiger partial charge in [0.25, 0.3) is 11.8 Å². The zero-order valence-corrected chi connectivity index (χ0v) is 37.8. The molecule has 0 unspecified atom stereocenters. The van der Waals surface area contributed by atoms with E-state index in [4.69, 9.17) is 44.3 Å². The zero-order chi connectivity index (χ0) is 47.7. The maximum Gasteiger partial charge on any atom is 0.265 e. The second-order valence-corrected chi connectivity index (χ2v) is 17.3. The van der Waals surface area contributed by atoms with Gasteiger partial charge in [-0.3, -0.25) is 19.2 Å². The third-order valence-electron chi connectivity index (χ3n) is 11.8. The topological polar surface area (TPSA) is 149 Å². The average molecular weight is 970 g/mol. The summed E-state index contributed by atoms with van der Waals surface area (Å²) >= 11 is 17.8. The van der Waals surface area contributed by atoms with E-state index in [0.717, 1.165) is 40.7 Å². The molecule has 3 N–H and O–H groups in total. The number of rotatable bonds is 8. The lowest BCUT2D eigenvalue weighted by atomic mass is 9.95. The van der Waals surface area contributed by atoms with Crippen molar-refractivity contribution in [1.82, 2.24) is 10.2 Å². The van der Waals surface area contributed by atoms with Gasteiger partial charge in [-0.1, -0.05) is 84.9 Å². The number of amides is 3. The minimum absolute atomic E-state index is 0.0155. The van der Waals surface area contributed by atoms with Gasteiger partial charge in [-0.25, -0.2) is 8.78 Å². The molecule has 3 amide bonds. The molecule has 0 aromatic heterocycles. The Hall–Kier alpha value is -6.71. The van der Waals surface area contributed by atoms with Gasteiger partial charge in [-0.15, -0.1) is 0 Å². The molecule has 6 aromatic rings. The molecular weight excluding hydrogens is 929 g/mol. The van der Waals surface area contributed by atoms with Crippen molar-refractivity contribution in [2.24, 2.45) is 11.8 Å². The summed E-state index contributed by atoms with van der Waals surface area (Å²) in [6.07, 6.45) is 2.30. The van der Waals surface area contributed by atoms with Crippen LogP contribution in [0.15, 0.2) is 110 Å². The van der Waals surface area contributed by atoms with E-state index in [1.165, 1.54) is 29.2 Å². The summed E-state index contributed by atoms with van der Waals surface area (Å²) < 4.78 is 42.5. The molecule has 10 rings (SSSR count). The van der Waals surface area contributed by atoms with Crippen molar-refractivity contribution in [3.8, 4) is 45.3 Å². The highest BCUT2D eigenvalue weighted by molar-refractivity contribution is 6.66. The predicted molar refractivity (Wildman–Crippen MR) is 255 cm³/mol. The standard InChI is InChI=1S/C25H20ClFN2O4.C22H18ClFN2O3.C3H3ClO/c1-2-21(31)28-10-14(11-28)12-29-20-9-19(26)23(24(27)25(20)33-13-22(29)32)18-8-16(30)7-15-5-3-4-6-17(15)18;23-17-7-18-22(29-11-19(28)26(18)10-12-8-25-9-12)21(24)20(17)16-6-14(27)5-13-3-1-2-4-15(13)16;1-2-3(4)5/h2-9,14,30H,1,10-13H2;1-7,12,25,27H,8-11H2;2H,1H2. The number of carbonyl (C=O) groups excluding carboxylic acids is 4. The first kappa shape index (κ1) is 46.8. The van der Waals surface area contributed by atoms with Gasteiger partial charge in [0.15, 0.2) is 36.3 Å². The first-order valence-corrected chi connectivity index (χ1v) is 22.1. The number of nitrogens with zero attached hydrogens (tertiary/aromatic N) is 3. The van der Waals surface area contributed by atoms with Crippen molar-refractivity contribution >= 4 is 90.7 Å². The molecule has 0 radical (unpaired) electrons. The predicted octanol–water partition coefficient (Wildman–Crippen LogP) is 9.26. The van der Waals surface area contributed by atoms with E-state index in [9.17, 15) is 29.4 Å². The molecule has 0 aliphatic carbocycles. The number of aromatic hydroxyl groups is 2. The fourth-order valence-electron chi connectivity index (χ4n) is 8.43. The van der Waals surface area contributed by atoms with Gasteiger partial charge in [0, 0.05) is 62.2 Å². The second-order valence-electron chi connectivity index (χ2n) is 16.2. The van der Waals surface area contributed by atoms with Crippen molar-refractivity contribution in [3.63, 3.8) is 0 Å². The maximum atomic E-state index is 15.8. The third-order valence-corrected chi connectivity index (χ3v) is 12.5. The number of anilines is 2. The monoisotopic (exact) mass is 968 g/mol. The van der Waals surface area contributed by atoms with Crippen LogP contribution in [0.25, 0.3) is 43.8 Å². The maximum absolute atomic E-state index is 15.8. The van der Waals surface area contributed by atoms with E-state index >= 15 is 8.78 Å². The quantitative estimate of drug-likeness (QED) is 0.100. The van der Waals surface area contributed by atoms with Gasteiger partial charge in [0.1, 0.15) is 11.5 Å². The Morgan fingerprint density at radius 3 is 1.54 bits per heavy atom. The van der Waals surface area contributed by atoms with Gasteiger partial charge in [0.2, 0.25) is 11.1 Å². The third kappa shape index (κ3) is 9.48. The van der Waals surface area contributed by atoms with Crippen LogP contribution in [0.2, 0.25) is 10.0 Å². The molecule has 0 spiro atoms. The first-order chi connectivity index (χ1) is 32.2. The summed E-state index contributed by atoms with van der Waals surface area (Å²) in [6, 6.07) is 23.9. The summed E-state index contributed by atoms with van der Waals surface area (Å²) in [5.41, 5.74) is 1.77. The van der Waals surface area contributed by atoms with Crippen LogP contribution in [0.3, 0.4) is 0 Å². The number of ether oxygens (including phenoxy) is 2. The Balaban J connectivity index is 0.000000166. The van der Waals surface area contributed by atoms with E-state index in [1.54, 1.807) is 28.0 Å². The van der Waals surface area contributed by atoms with Crippen molar-refractivity contribution in [2.45, 2.75) is 0 Å². The molecule has 4 heterocycles. The SMILES string of the molecule is C=CC(=O)Cl.C=CC(=O)N1CC(CN2C(=O)COc3c2cc(Cl)c(-c2cc(O)cc4ccccc24)c3F)C1.O=C1COc2c(cc(Cl)c(-c3cc(O)cc4ccccc34)c2F)N1CC1CNC1. The lowest BCUT2D eigenvalue weighted by Gasteiger charge is -2.42. The molecule has 2 saturated heterocycles. The van der Waals surface area contributed by atoms with Gasteiger partial charge >= 0.3 is 0 Å². The lowest BCUT2D eigenvalue weighted by Crippen LogP contribution is -2.55. The zero-order valence-electron chi connectivity index (χ0n) is 35.5. The number of allylic oxidation sites excluding steroid dienone is 1. The number of carbonyl (C=O) groups is 4. The Labute approximate surface area is 398 Å². The Morgan fingerprint density at radius 2 is 1.13 bits per heavy atom. The molecule has 4 aliphatic heterocycles. The van der Waals surface area contributed by atoms with Crippen LogP contribution in [0.1, 0.15) is 0 Å². The van der Waals surface area contributed by atoms with Crippen LogP contribution in [-0.4, -0.2) is 90.6 Å². The number of phenols is 2. The van der Waals surface area contributed by atoms with Gasteiger partial charge < -0.3 is 39.7 Å². The van der Waals surface area contributed by atoms with E-state index in [-0.39, 0.29) is 86.7 Å². The number of phenolic OH excluding ortho intramolecular Hbond substituents is 2. The minimum atomic E-state index is -0.692. The lowest BCUT2D eigenvalue weighted by molar-refractivity contribution is -0.132. The Morgan fingerprint density at radius 1 is 0.701 bits per heavy atom. The van der Waals surface area contributed by atoms with Crippen LogP contribution in [0, 0.1) is 23.5 Å². The Bertz CT molecular complexity index is 3010. The largest absolute Gasteiger partial charge is 0.508 e. The van der Waals surface area contributed by atoms with Crippen LogP contribution in [0.5, 0.6) is 23.0 Å². The van der Waals surface area contributed by atoms with E-state index in [1.807, 2.05) is 48.5 Å². The van der Waals surface area contributed by atoms with Gasteiger partial charge in [-0.05, 0) is 92.8 Å². The smallest absolute Gasteiger partial charge is 0.265 e. The average Bonchev–Trinajstić information content (AvgIpc) is 3.27. The van der Waals surface area contributed by atoms with Crippen LogP contribution < -0.4 is 24.6 Å². The molecule has 6 aromatic carbocycles. The summed E-state index contributed by atoms with van der Waals surface area (Å²) in [7, 11) is 0. The number of halogens is 5. The van der Waals surface area contributed by atoms with Crippen LogP contribution in [-0.2, 0) is 19.2 Å². The van der Waals surface area contributed by atoms with Crippen molar-refractivity contribution in [3.05, 3.63) is 132 Å². The summed E-state index contributed by atoms with van der Waals surface area (Å²) in [6.45, 7) is 9.49. The summed E-state index contributed by atoms with van der Waals surface area (Å²) in [5.74, 6) is -1.66. The molecule has 17 heteroatoms. The number of hydrogen-bond donors (Lipinski definition) is 3. The van der Waals surface area contributed by atoms with Gasteiger partial charge in [0.05, 0.1) is 21.4 Å². The molecule has 67 heavy (non-hydrogen) atoms. The van der Waals surface area contributed by atoms with E-state index < -0.39 is 16.9 Å². The highest BCUT2D eigenvalue weighted by Crippen LogP contribution is 2.48. The van der Waals surface area contributed by atoms with E-state index in [2.05, 4.69) is 18.5 Å². The van der Waals surface area contributed by atoms with Crippen molar-refractivity contribution in [1.29, 1.82) is 0 Å². The number of nitrogens with one attached hydrogen (secondary N) is 1. The van der Waals surface area contributed by atoms with E-state index in [0.29, 0.717) is 48.9 Å². The highest BCUT2D eigenvalue weighted by atomic mass is 35.5. The second kappa shape index (κ2) is 19.6. The number of fused-ring (bicyclic) bond motifs is 4. The number of benzene rings is 6. The van der Waals surface area contributed by atoms with Gasteiger partial charge in [-0.2, -0.15) is 0 Å². The highest BCUT2D eigenvalue weighted by Gasteiger charge is 2.38. The molecular formula is C50H41Cl3F2N4O8. The molecule has 4 aliphatic rings. The van der Waals surface area contributed by atoms with Crippen molar-refractivity contribution < 1.29 is 47.6 Å². The summed E-state index contributed by atoms with van der Waals surface area (Å²) in [4.78, 5) is 50.8. The number of likely N-dealkylation sites (tertiary alicyclic amines) is 1. The van der Waals surface area contributed by atoms with Crippen LogP contribution in [0.4, 0.5) is 20.2 Å². The van der Waals surface area contributed by atoms with Crippen LogP contribution >= 0.6 is 34.8 Å². The summed E-state index contributed by atoms with van der Waals surface area (Å²) in [5, 5.41) is 26.3. The minimum Gasteiger partial charge on any atom is -0.508 e. The number of hydrogen-bond acceptors (Lipinski definition) is 9. The fraction of sp³-hybridized carbons (Fsp3) is 0.200. The molecule has 2 fully saturated rings. The molecule has 0 atom stereocenters. The molecule has 12 nitrogen and oxygen atoms in total. The Kier molecular flexibility index (Phi) is 13.7. The molecule has 0 bridgehead atoms.